The molecule has 0 fully saturated rings. The zero-order valence-corrected chi connectivity index (χ0v) is 9.16. The van der Waals surface area contributed by atoms with Crippen LogP contribution in [0, 0.1) is 11.3 Å². The summed E-state index contributed by atoms with van der Waals surface area (Å²) in [5, 5.41) is 20.5. The van der Waals surface area contributed by atoms with Gasteiger partial charge in [-0.2, -0.15) is 5.26 Å². The fraction of sp³-hybridized carbons (Fsp3) is 0.455. The Morgan fingerprint density at radius 3 is 3.06 bits per heavy atom. The highest BCUT2D eigenvalue weighted by molar-refractivity contribution is 5.92. The molecule has 16 heavy (non-hydrogen) atoms. The van der Waals surface area contributed by atoms with Gasteiger partial charge in [0.1, 0.15) is 11.8 Å². The number of aliphatic hydroxyl groups excluding tert-OH is 1. The van der Waals surface area contributed by atoms with Gasteiger partial charge in [-0.1, -0.05) is 6.92 Å². The first-order chi connectivity index (χ1) is 7.67. The minimum Gasteiger partial charge on any atom is -0.393 e. The summed E-state index contributed by atoms with van der Waals surface area (Å²) in [6.45, 7) is 2.31. The molecule has 1 amide bonds. The Morgan fingerprint density at radius 2 is 2.50 bits per heavy atom. The highest BCUT2D eigenvalue weighted by Crippen LogP contribution is 2.01. The zero-order chi connectivity index (χ0) is 12.0. The van der Waals surface area contributed by atoms with Crippen LogP contribution in [0.4, 0.5) is 0 Å². The van der Waals surface area contributed by atoms with Crippen molar-refractivity contribution in [1.82, 2.24) is 10.3 Å². The van der Waals surface area contributed by atoms with Crippen LogP contribution in [0.25, 0.3) is 0 Å². The topological polar surface area (TPSA) is 88.9 Å². The molecule has 1 aromatic heterocycles. The van der Waals surface area contributed by atoms with E-state index in [2.05, 4.69) is 10.3 Å². The van der Waals surface area contributed by atoms with Crippen LogP contribution in [0.1, 0.15) is 35.8 Å². The molecule has 0 aliphatic heterocycles. The summed E-state index contributed by atoms with van der Waals surface area (Å²) in [7, 11) is 0. The van der Waals surface area contributed by atoms with Crippen molar-refractivity contribution >= 4 is 5.91 Å². The van der Waals surface area contributed by atoms with Crippen molar-refractivity contribution in [3.8, 4) is 6.07 Å². The van der Waals surface area contributed by atoms with Crippen LogP contribution in [0.2, 0.25) is 0 Å². The first kappa shape index (κ1) is 12.3. The van der Waals surface area contributed by atoms with Crippen molar-refractivity contribution < 1.29 is 9.90 Å². The molecule has 1 rings (SSSR count). The minimum atomic E-state index is -0.376. The molecule has 0 saturated heterocycles. The Kier molecular flexibility index (Phi) is 4.55. The van der Waals surface area contributed by atoms with Crippen molar-refractivity contribution in [2.45, 2.75) is 25.9 Å². The molecule has 3 N–H and O–H groups in total. The Bertz CT molecular complexity index is 392. The standard InChI is InChI=1S/C11H15N3O2/c1-2-9(15)3-4-13-11(16)10-5-8(6-12)7-14-10/h5,7,9,14-15H,2-4H2,1H3,(H,13,16). The van der Waals surface area contributed by atoms with Crippen LogP contribution in [-0.4, -0.2) is 28.6 Å². The van der Waals surface area contributed by atoms with Gasteiger partial charge in [0.2, 0.25) is 0 Å². The van der Waals surface area contributed by atoms with Crippen molar-refractivity contribution in [3.05, 3.63) is 23.5 Å². The molecule has 1 unspecified atom stereocenters. The lowest BCUT2D eigenvalue weighted by Crippen LogP contribution is -2.27. The molecular formula is C11H15N3O2. The summed E-state index contributed by atoms with van der Waals surface area (Å²) >= 11 is 0. The molecule has 0 bridgehead atoms. The molecule has 0 saturated carbocycles. The van der Waals surface area contributed by atoms with Crippen LogP contribution in [0.5, 0.6) is 0 Å². The van der Waals surface area contributed by atoms with E-state index in [1.165, 1.54) is 12.3 Å². The molecule has 0 aliphatic carbocycles. The van der Waals surface area contributed by atoms with Crippen molar-refractivity contribution in [2.75, 3.05) is 6.54 Å². The summed E-state index contributed by atoms with van der Waals surface area (Å²) < 4.78 is 0. The molecule has 0 radical (unpaired) electrons. The molecule has 86 valence electrons. The number of nitrogens with one attached hydrogen (secondary N) is 2. The quantitative estimate of drug-likeness (QED) is 0.686. The van der Waals surface area contributed by atoms with Gasteiger partial charge in [-0.05, 0) is 18.9 Å². The lowest BCUT2D eigenvalue weighted by atomic mass is 10.2. The van der Waals surface area contributed by atoms with Gasteiger partial charge in [-0.25, -0.2) is 0 Å². The van der Waals surface area contributed by atoms with E-state index in [4.69, 9.17) is 5.26 Å². The maximum Gasteiger partial charge on any atom is 0.267 e. The van der Waals surface area contributed by atoms with E-state index < -0.39 is 0 Å². The summed E-state index contributed by atoms with van der Waals surface area (Å²) in [5.41, 5.74) is 0.793. The molecule has 1 aromatic rings. The average molecular weight is 221 g/mol. The van der Waals surface area contributed by atoms with Gasteiger partial charge in [0.25, 0.3) is 5.91 Å². The molecular weight excluding hydrogens is 206 g/mol. The summed E-state index contributed by atoms with van der Waals surface area (Å²) in [5.74, 6) is -0.259. The van der Waals surface area contributed by atoms with Gasteiger partial charge in [0.05, 0.1) is 11.7 Å². The highest BCUT2D eigenvalue weighted by Gasteiger charge is 2.08. The number of aliphatic hydroxyl groups is 1. The number of hydrogen-bond donors (Lipinski definition) is 3. The number of nitrogens with zero attached hydrogens (tertiary/aromatic N) is 1. The highest BCUT2D eigenvalue weighted by atomic mass is 16.3. The molecule has 1 heterocycles. The number of aromatic amines is 1. The fourth-order valence-corrected chi connectivity index (χ4v) is 1.24. The number of carbonyl (C=O) groups excluding carboxylic acids is 1. The predicted octanol–water partition coefficient (Wildman–Crippen LogP) is 0.777. The van der Waals surface area contributed by atoms with Gasteiger partial charge in [-0.15, -0.1) is 0 Å². The zero-order valence-electron chi connectivity index (χ0n) is 9.16. The van der Waals surface area contributed by atoms with Crippen LogP contribution in [-0.2, 0) is 0 Å². The number of amides is 1. The Balaban J connectivity index is 2.38. The third kappa shape index (κ3) is 3.41. The predicted molar refractivity (Wildman–Crippen MR) is 58.8 cm³/mol. The first-order valence-corrected chi connectivity index (χ1v) is 5.22. The number of carbonyl (C=O) groups is 1. The maximum absolute atomic E-state index is 11.5. The number of nitriles is 1. The number of hydrogen-bond acceptors (Lipinski definition) is 3. The lowest BCUT2D eigenvalue weighted by molar-refractivity contribution is 0.0937. The number of aromatic nitrogens is 1. The second-order valence-electron chi connectivity index (χ2n) is 3.52. The van der Waals surface area contributed by atoms with E-state index in [0.717, 1.165) is 0 Å². The molecule has 0 aliphatic rings. The first-order valence-electron chi connectivity index (χ1n) is 5.22. The van der Waals surface area contributed by atoms with E-state index in [-0.39, 0.29) is 12.0 Å². The molecule has 0 aromatic carbocycles. The van der Waals surface area contributed by atoms with E-state index in [0.29, 0.717) is 30.6 Å². The van der Waals surface area contributed by atoms with Gasteiger partial charge in [0.15, 0.2) is 0 Å². The van der Waals surface area contributed by atoms with Crippen LogP contribution in [0.3, 0.4) is 0 Å². The Hall–Kier alpha value is -1.80. The van der Waals surface area contributed by atoms with E-state index >= 15 is 0 Å². The largest absolute Gasteiger partial charge is 0.393 e. The summed E-state index contributed by atoms with van der Waals surface area (Å²) in [6, 6.07) is 3.43. The van der Waals surface area contributed by atoms with Crippen LogP contribution >= 0.6 is 0 Å². The monoisotopic (exact) mass is 221 g/mol. The van der Waals surface area contributed by atoms with Crippen molar-refractivity contribution in [3.63, 3.8) is 0 Å². The normalized spacial score (nSPS) is 11.8. The van der Waals surface area contributed by atoms with Crippen LogP contribution < -0.4 is 5.32 Å². The third-order valence-electron chi connectivity index (χ3n) is 2.29. The summed E-state index contributed by atoms with van der Waals surface area (Å²) in [6.07, 6.45) is 2.32. The number of H-pyrrole nitrogens is 1. The maximum atomic E-state index is 11.5. The Morgan fingerprint density at radius 1 is 1.75 bits per heavy atom. The Labute approximate surface area is 94.1 Å². The van der Waals surface area contributed by atoms with Gasteiger partial charge < -0.3 is 15.4 Å². The van der Waals surface area contributed by atoms with E-state index in [1.807, 2.05) is 13.0 Å². The second-order valence-corrected chi connectivity index (χ2v) is 3.52. The summed E-state index contributed by atoms with van der Waals surface area (Å²) in [4.78, 5) is 14.2. The average Bonchev–Trinajstić information content (AvgIpc) is 2.77. The third-order valence-corrected chi connectivity index (χ3v) is 2.29. The van der Waals surface area contributed by atoms with Crippen LogP contribution in [0.15, 0.2) is 12.3 Å². The smallest absolute Gasteiger partial charge is 0.267 e. The SMILES string of the molecule is CCC(O)CCNC(=O)c1cc(C#N)c[nH]1. The molecule has 0 spiro atoms. The van der Waals surface area contributed by atoms with Gasteiger partial charge in [-0.3, -0.25) is 4.79 Å². The van der Waals surface area contributed by atoms with Gasteiger partial charge in [0, 0.05) is 12.7 Å². The fourth-order valence-electron chi connectivity index (χ4n) is 1.24. The van der Waals surface area contributed by atoms with E-state index in [9.17, 15) is 9.90 Å². The second kappa shape index (κ2) is 5.93. The molecule has 5 nitrogen and oxygen atoms in total. The minimum absolute atomic E-state index is 0.259. The van der Waals surface area contributed by atoms with Gasteiger partial charge >= 0.3 is 0 Å². The molecule has 1 atom stereocenters. The lowest BCUT2D eigenvalue weighted by Gasteiger charge is -2.07. The van der Waals surface area contributed by atoms with Crippen molar-refractivity contribution in [2.24, 2.45) is 0 Å². The van der Waals surface area contributed by atoms with Crippen molar-refractivity contribution in [1.29, 1.82) is 5.26 Å². The molecule has 5 heteroatoms. The van der Waals surface area contributed by atoms with E-state index in [1.54, 1.807) is 0 Å². The number of rotatable bonds is 5.